The number of hydrogen-bond donors (Lipinski definition) is 2. The van der Waals surface area contributed by atoms with Crippen LogP contribution < -0.4 is 20.5 Å². The van der Waals surface area contributed by atoms with Crippen molar-refractivity contribution in [2.75, 3.05) is 18.5 Å². The highest BCUT2D eigenvalue weighted by Gasteiger charge is 2.17. The average molecular weight is 396 g/mol. The fourth-order valence-electron chi connectivity index (χ4n) is 2.56. The quantitative estimate of drug-likeness (QED) is 0.571. The summed E-state index contributed by atoms with van der Waals surface area (Å²) in [6.45, 7) is 2.44. The smallest absolute Gasteiger partial charge is 0.331 e. The summed E-state index contributed by atoms with van der Waals surface area (Å²) in [5, 5.41) is 2.60. The highest BCUT2D eigenvalue weighted by molar-refractivity contribution is 5.97. The van der Waals surface area contributed by atoms with Gasteiger partial charge in [0.2, 0.25) is 5.91 Å². The molecule has 0 bridgehead atoms. The van der Waals surface area contributed by atoms with Crippen molar-refractivity contribution in [3.05, 3.63) is 59.7 Å². The van der Waals surface area contributed by atoms with E-state index >= 15 is 0 Å². The van der Waals surface area contributed by atoms with Gasteiger partial charge in [-0.1, -0.05) is 6.07 Å². The zero-order valence-electron chi connectivity index (χ0n) is 15.7. The van der Waals surface area contributed by atoms with Gasteiger partial charge < -0.3 is 25.3 Å². The Morgan fingerprint density at radius 3 is 2.45 bits per heavy atom. The number of fused-ring (bicyclic) bond motifs is 1. The van der Waals surface area contributed by atoms with Crippen molar-refractivity contribution in [2.24, 2.45) is 5.73 Å². The minimum absolute atomic E-state index is 0.326. The highest BCUT2D eigenvalue weighted by atomic mass is 16.6. The fourth-order valence-corrected chi connectivity index (χ4v) is 2.56. The van der Waals surface area contributed by atoms with Gasteiger partial charge >= 0.3 is 5.97 Å². The Bertz CT molecular complexity index is 952. The number of rotatable bonds is 6. The van der Waals surface area contributed by atoms with E-state index in [1.165, 1.54) is 37.3 Å². The van der Waals surface area contributed by atoms with Gasteiger partial charge in [0.15, 0.2) is 17.6 Å². The predicted molar refractivity (Wildman–Crippen MR) is 106 cm³/mol. The number of esters is 1. The van der Waals surface area contributed by atoms with E-state index in [0.717, 1.165) is 5.56 Å². The van der Waals surface area contributed by atoms with Gasteiger partial charge in [0.05, 0.1) is 0 Å². The van der Waals surface area contributed by atoms with E-state index in [1.807, 2.05) is 0 Å². The molecule has 0 aromatic heterocycles. The van der Waals surface area contributed by atoms with Crippen molar-refractivity contribution in [2.45, 2.75) is 13.0 Å². The molecule has 0 saturated heterocycles. The maximum Gasteiger partial charge on any atom is 0.331 e. The molecule has 0 unspecified atom stereocenters. The SMILES string of the molecule is C[C@@H](OC(=O)/C=C/c1ccc2c(c1)OCCO2)C(=O)Nc1ccc(C(N)=O)cc1. The topological polar surface area (TPSA) is 117 Å². The van der Waals surface area contributed by atoms with E-state index in [4.69, 9.17) is 19.9 Å². The normalized spacial score (nSPS) is 13.6. The highest BCUT2D eigenvalue weighted by Crippen LogP contribution is 2.31. The van der Waals surface area contributed by atoms with Crippen LogP contribution in [0, 0.1) is 0 Å². The van der Waals surface area contributed by atoms with E-state index in [1.54, 1.807) is 24.3 Å². The van der Waals surface area contributed by atoms with Gasteiger partial charge in [-0.25, -0.2) is 4.79 Å². The lowest BCUT2D eigenvalue weighted by molar-refractivity contribution is -0.148. The summed E-state index contributed by atoms with van der Waals surface area (Å²) in [6.07, 6.45) is 1.79. The van der Waals surface area contributed by atoms with E-state index in [0.29, 0.717) is 36.0 Å². The van der Waals surface area contributed by atoms with Crippen molar-refractivity contribution in [1.82, 2.24) is 0 Å². The Labute approximate surface area is 167 Å². The predicted octanol–water partition coefficient (Wildman–Crippen LogP) is 2.14. The molecule has 1 aliphatic heterocycles. The Balaban J connectivity index is 1.53. The Morgan fingerprint density at radius 2 is 1.76 bits per heavy atom. The van der Waals surface area contributed by atoms with Crippen molar-refractivity contribution in [1.29, 1.82) is 0 Å². The maximum atomic E-state index is 12.2. The minimum Gasteiger partial charge on any atom is -0.486 e. The lowest BCUT2D eigenvalue weighted by Gasteiger charge is -2.18. The molecular weight excluding hydrogens is 376 g/mol. The summed E-state index contributed by atoms with van der Waals surface area (Å²) in [5.74, 6) is -0.452. The number of nitrogens with two attached hydrogens (primary N) is 1. The summed E-state index contributed by atoms with van der Waals surface area (Å²) >= 11 is 0. The number of benzene rings is 2. The average Bonchev–Trinajstić information content (AvgIpc) is 2.72. The number of carbonyl (C=O) groups is 3. The molecule has 29 heavy (non-hydrogen) atoms. The first-order valence-corrected chi connectivity index (χ1v) is 8.91. The van der Waals surface area contributed by atoms with Crippen molar-refractivity contribution in [3.8, 4) is 11.5 Å². The molecular formula is C21H20N2O6. The number of nitrogens with one attached hydrogen (secondary N) is 1. The number of amides is 2. The molecule has 0 saturated carbocycles. The van der Waals surface area contributed by atoms with Crippen molar-refractivity contribution < 1.29 is 28.6 Å². The molecule has 1 atom stereocenters. The second kappa shape index (κ2) is 8.92. The summed E-state index contributed by atoms with van der Waals surface area (Å²) in [6, 6.07) is 11.4. The van der Waals surface area contributed by atoms with Crippen LogP contribution in [0.15, 0.2) is 48.5 Å². The molecule has 2 aromatic carbocycles. The van der Waals surface area contributed by atoms with Gasteiger partial charge in [0, 0.05) is 17.3 Å². The Morgan fingerprint density at radius 1 is 1.07 bits per heavy atom. The molecule has 2 amide bonds. The third kappa shape index (κ3) is 5.35. The molecule has 3 rings (SSSR count). The second-order valence-electron chi connectivity index (χ2n) is 6.25. The largest absolute Gasteiger partial charge is 0.486 e. The van der Waals surface area contributed by atoms with Crippen LogP contribution >= 0.6 is 0 Å². The number of hydrogen-bond acceptors (Lipinski definition) is 6. The number of primary amides is 1. The fraction of sp³-hybridized carbons (Fsp3) is 0.190. The van der Waals surface area contributed by atoms with Crippen molar-refractivity contribution >= 4 is 29.5 Å². The molecule has 0 fully saturated rings. The van der Waals surface area contributed by atoms with Gasteiger partial charge in [-0.05, 0) is 55.0 Å². The van der Waals surface area contributed by atoms with Crippen LogP contribution in [0.2, 0.25) is 0 Å². The van der Waals surface area contributed by atoms with Crippen LogP contribution in [0.1, 0.15) is 22.8 Å². The lowest BCUT2D eigenvalue weighted by atomic mass is 10.2. The van der Waals surface area contributed by atoms with Gasteiger partial charge in [-0.2, -0.15) is 0 Å². The molecule has 1 aliphatic rings. The molecule has 8 nitrogen and oxygen atoms in total. The zero-order valence-corrected chi connectivity index (χ0v) is 15.7. The van der Waals surface area contributed by atoms with Gasteiger partial charge in [-0.15, -0.1) is 0 Å². The van der Waals surface area contributed by atoms with Crippen LogP contribution in [0.4, 0.5) is 5.69 Å². The first-order chi connectivity index (χ1) is 13.9. The van der Waals surface area contributed by atoms with Crippen molar-refractivity contribution in [3.63, 3.8) is 0 Å². The standard InChI is InChI=1S/C21H20N2O6/c1-13(21(26)23-16-6-4-15(5-7-16)20(22)25)29-19(24)9-3-14-2-8-17-18(12-14)28-11-10-27-17/h2-9,12-13H,10-11H2,1H3,(H2,22,25)(H,23,26)/b9-3+/t13-/m1/s1. The minimum atomic E-state index is -1.01. The molecule has 0 aliphatic carbocycles. The third-order valence-electron chi connectivity index (χ3n) is 4.08. The summed E-state index contributed by atoms with van der Waals surface area (Å²) in [7, 11) is 0. The summed E-state index contributed by atoms with van der Waals surface area (Å²) in [4.78, 5) is 35.2. The third-order valence-corrected chi connectivity index (χ3v) is 4.08. The molecule has 3 N–H and O–H groups in total. The number of carbonyl (C=O) groups excluding carboxylic acids is 3. The van der Waals surface area contributed by atoms with Crippen LogP contribution in [0.5, 0.6) is 11.5 Å². The molecule has 0 radical (unpaired) electrons. The lowest BCUT2D eigenvalue weighted by Crippen LogP contribution is -2.29. The molecule has 0 spiro atoms. The number of anilines is 1. The van der Waals surface area contributed by atoms with Crippen LogP contribution in [-0.4, -0.2) is 37.1 Å². The van der Waals surface area contributed by atoms with Gasteiger partial charge in [0.1, 0.15) is 13.2 Å². The Hall–Kier alpha value is -3.81. The molecule has 2 aromatic rings. The van der Waals surface area contributed by atoms with E-state index < -0.39 is 23.9 Å². The van der Waals surface area contributed by atoms with E-state index in [2.05, 4.69) is 5.32 Å². The van der Waals surface area contributed by atoms with Gasteiger partial charge in [0.25, 0.3) is 5.91 Å². The summed E-state index contributed by atoms with van der Waals surface area (Å²) in [5.41, 5.74) is 6.68. The molecule has 1 heterocycles. The molecule has 8 heteroatoms. The monoisotopic (exact) mass is 396 g/mol. The first kappa shape index (κ1) is 19.9. The molecule has 150 valence electrons. The zero-order chi connectivity index (χ0) is 20.8. The van der Waals surface area contributed by atoms with E-state index in [9.17, 15) is 14.4 Å². The first-order valence-electron chi connectivity index (χ1n) is 8.91. The van der Waals surface area contributed by atoms with Gasteiger partial charge in [-0.3, -0.25) is 9.59 Å². The van der Waals surface area contributed by atoms with Crippen LogP contribution in [0.3, 0.4) is 0 Å². The summed E-state index contributed by atoms with van der Waals surface area (Å²) < 4.78 is 16.0. The van der Waals surface area contributed by atoms with Crippen LogP contribution in [-0.2, 0) is 14.3 Å². The maximum absolute atomic E-state index is 12.2. The number of ether oxygens (including phenoxy) is 3. The van der Waals surface area contributed by atoms with Crippen LogP contribution in [0.25, 0.3) is 6.08 Å². The second-order valence-corrected chi connectivity index (χ2v) is 6.25. The Kier molecular flexibility index (Phi) is 6.13. The van der Waals surface area contributed by atoms with E-state index in [-0.39, 0.29) is 0 Å².